The van der Waals surface area contributed by atoms with Crippen molar-refractivity contribution in [2.75, 3.05) is 4.90 Å². The number of thiophene rings is 1. The number of para-hydroxylation sites is 1. The average molecular weight is 902 g/mol. The molecule has 0 N–H and O–H groups in total. The maximum absolute atomic E-state index is 6.36. The molecule has 64 heavy (non-hydrogen) atoms. The van der Waals surface area contributed by atoms with E-state index in [2.05, 4.69) is 233 Å². The van der Waals surface area contributed by atoms with Crippen molar-refractivity contribution in [3.63, 3.8) is 0 Å². The van der Waals surface area contributed by atoms with Gasteiger partial charge in [0.25, 0.3) is 0 Å². The van der Waals surface area contributed by atoms with Crippen molar-refractivity contribution in [1.29, 1.82) is 0 Å². The lowest BCUT2D eigenvalue weighted by Gasteiger charge is -2.28. The van der Waals surface area contributed by atoms with Crippen LogP contribution in [0.5, 0.6) is 0 Å². The number of halogens is 1. The molecule has 10 aromatic carbocycles. The van der Waals surface area contributed by atoms with E-state index in [4.69, 9.17) is 9.40 Å². The normalized spacial score (nSPS) is 11.5. The number of fused-ring (bicyclic) bond motifs is 5. The van der Waals surface area contributed by atoms with Crippen LogP contribution < -0.4 is 4.90 Å². The molecular weight excluding hydrogens is 865 g/mol. The van der Waals surface area contributed by atoms with Gasteiger partial charge in [0.05, 0.1) is 5.69 Å². The fraction of sp³-hybridized carbons (Fsp3) is 0. The third kappa shape index (κ3) is 6.87. The lowest BCUT2D eigenvalue weighted by atomic mass is 9.97. The fourth-order valence-electron chi connectivity index (χ4n) is 9.04. The molecular formula is C59H37BrN2OS. The Balaban J connectivity index is 0.928. The van der Waals surface area contributed by atoms with Gasteiger partial charge >= 0.3 is 0 Å². The molecule has 12 rings (SSSR count). The summed E-state index contributed by atoms with van der Waals surface area (Å²) in [7, 11) is 0. The number of oxazole rings is 1. The molecule has 302 valence electrons. The first-order valence-corrected chi connectivity index (χ1v) is 23.0. The Bertz CT molecular complexity index is 3670. The summed E-state index contributed by atoms with van der Waals surface area (Å²) in [5.74, 6) is 0.606. The Morgan fingerprint density at radius 2 is 1.06 bits per heavy atom. The van der Waals surface area contributed by atoms with E-state index in [9.17, 15) is 0 Å². The van der Waals surface area contributed by atoms with Crippen molar-refractivity contribution in [3.8, 4) is 56.0 Å². The number of benzene rings is 10. The molecule has 2 aromatic heterocycles. The number of hydrogen-bond acceptors (Lipinski definition) is 4. The zero-order valence-electron chi connectivity index (χ0n) is 34.5. The smallest absolute Gasteiger partial charge is 0.227 e. The summed E-state index contributed by atoms with van der Waals surface area (Å²) in [6.07, 6.45) is 0. The minimum absolute atomic E-state index is 0.606. The molecule has 3 nitrogen and oxygen atoms in total. The van der Waals surface area contributed by atoms with Crippen LogP contribution in [0.4, 0.5) is 17.1 Å². The van der Waals surface area contributed by atoms with E-state index >= 15 is 0 Å². The zero-order valence-corrected chi connectivity index (χ0v) is 36.9. The molecule has 0 spiro atoms. The van der Waals surface area contributed by atoms with Gasteiger partial charge in [0.15, 0.2) is 5.58 Å². The first kappa shape index (κ1) is 38.1. The Hall–Kier alpha value is -7.57. The van der Waals surface area contributed by atoms with Crippen molar-refractivity contribution in [2.45, 2.75) is 0 Å². The number of rotatable bonds is 8. The molecule has 0 aliphatic heterocycles. The lowest BCUT2D eigenvalue weighted by Crippen LogP contribution is -2.11. The number of nitrogens with zero attached hydrogens (tertiary/aromatic N) is 2. The maximum atomic E-state index is 6.36. The van der Waals surface area contributed by atoms with Crippen LogP contribution >= 0.6 is 27.3 Å². The van der Waals surface area contributed by atoms with Crippen molar-refractivity contribution in [2.24, 2.45) is 0 Å². The molecule has 0 aliphatic rings. The van der Waals surface area contributed by atoms with Gasteiger partial charge in [0, 0.05) is 47.1 Å². The summed E-state index contributed by atoms with van der Waals surface area (Å²) < 4.78 is 10.0. The minimum atomic E-state index is 0.606. The Labute approximate surface area is 383 Å². The SMILES string of the molecule is Brc1ccc(-c2cccc3c2sc2cccc(-c4ccc(N(c5ccc6ccccc6c5)c5ccccc5-c5ccc(-c6nc7ccc(-c8ccccc8)cc7o6)cc5)cc4)c23)cc1. The van der Waals surface area contributed by atoms with Gasteiger partial charge in [-0.15, -0.1) is 11.3 Å². The molecule has 0 radical (unpaired) electrons. The summed E-state index contributed by atoms with van der Waals surface area (Å²) in [5, 5.41) is 4.98. The van der Waals surface area contributed by atoms with Crippen LogP contribution in [0.2, 0.25) is 0 Å². The molecule has 0 aliphatic carbocycles. The first-order chi connectivity index (χ1) is 31.6. The second kappa shape index (κ2) is 16.0. The quantitative estimate of drug-likeness (QED) is 0.152. The van der Waals surface area contributed by atoms with E-state index in [0.717, 1.165) is 60.5 Å². The third-order valence-electron chi connectivity index (χ3n) is 12.2. The molecule has 0 fully saturated rings. The Morgan fingerprint density at radius 1 is 0.438 bits per heavy atom. The molecule has 12 aromatic rings. The van der Waals surface area contributed by atoms with E-state index in [0.29, 0.717) is 5.89 Å². The summed E-state index contributed by atoms with van der Waals surface area (Å²) in [6.45, 7) is 0. The summed E-state index contributed by atoms with van der Waals surface area (Å²) in [4.78, 5) is 7.26. The summed E-state index contributed by atoms with van der Waals surface area (Å²) in [5.41, 5.74) is 15.1. The molecule has 0 saturated heterocycles. The predicted molar refractivity (Wildman–Crippen MR) is 274 cm³/mol. The van der Waals surface area contributed by atoms with Crippen LogP contribution in [-0.2, 0) is 0 Å². The van der Waals surface area contributed by atoms with E-state index in [1.807, 2.05) is 23.5 Å². The van der Waals surface area contributed by atoms with Crippen LogP contribution in [0.3, 0.4) is 0 Å². The van der Waals surface area contributed by atoms with Crippen LogP contribution in [-0.4, -0.2) is 4.98 Å². The van der Waals surface area contributed by atoms with Gasteiger partial charge in [-0.1, -0.05) is 168 Å². The number of hydrogen-bond donors (Lipinski definition) is 0. The van der Waals surface area contributed by atoms with E-state index in [-0.39, 0.29) is 0 Å². The monoisotopic (exact) mass is 900 g/mol. The fourth-order valence-corrected chi connectivity index (χ4v) is 10.6. The van der Waals surface area contributed by atoms with Crippen LogP contribution in [0, 0.1) is 0 Å². The van der Waals surface area contributed by atoms with E-state index in [1.165, 1.54) is 53.2 Å². The second-order valence-corrected chi connectivity index (χ2v) is 18.0. The van der Waals surface area contributed by atoms with Gasteiger partial charge in [-0.05, 0) is 123 Å². The largest absolute Gasteiger partial charge is 0.436 e. The van der Waals surface area contributed by atoms with Crippen molar-refractivity contribution in [3.05, 3.63) is 229 Å². The lowest BCUT2D eigenvalue weighted by molar-refractivity contribution is 0.620. The molecule has 2 heterocycles. The summed E-state index contributed by atoms with van der Waals surface area (Å²) in [6, 6.07) is 80.2. The molecule has 0 unspecified atom stereocenters. The summed E-state index contributed by atoms with van der Waals surface area (Å²) >= 11 is 5.48. The van der Waals surface area contributed by atoms with Gasteiger partial charge in [0.1, 0.15) is 5.52 Å². The minimum Gasteiger partial charge on any atom is -0.436 e. The predicted octanol–water partition coefficient (Wildman–Crippen LogP) is 17.9. The molecule has 0 saturated carbocycles. The second-order valence-electron chi connectivity index (χ2n) is 16.0. The van der Waals surface area contributed by atoms with Gasteiger partial charge in [0.2, 0.25) is 5.89 Å². The third-order valence-corrected chi connectivity index (χ3v) is 13.9. The van der Waals surface area contributed by atoms with Crippen molar-refractivity contribution >= 4 is 86.4 Å². The highest BCUT2D eigenvalue weighted by atomic mass is 79.9. The van der Waals surface area contributed by atoms with Gasteiger partial charge in [-0.3, -0.25) is 0 Å². The van der Waals surface area contributed by atoms with Gasteiger partial charge < -0.3 is 9.32 Å². The highest BCUT2D eigenvalue weighted by Crippen LogP contribution is 2.46. The van der Waals surface area contributed by atoms with E-state index < -0.39 is 0 Å². The molecule has 0 amide bonds. The van der Waals surface area contributed by atoms with E-state index in [1.54, 1.807) is 0 Å². The maximum Gasteiger partial charge on any atom is 0.227 e. The Kier molecular flexibility index (Phi) is 9.51. The highest BCUT2D eigenvalue weighted by Gasteiger charge is 2.20. The van der Waals surface area contributed by atoms with Gasteiger partial charge in [-0.2, -0.15) is 0 Å². The van der Waals surface area contributed by atoms with Crippen LogP contribution in [0.15, 0.2) is 233 Å². The molecule has 0 bridgehead atoms. The topological polar surface area (TPSA) is 29.3 Å². The molecule has 5 heteroatoms. The van der Waals surface area contributed by atoms with Crippen LogP contribution in [0.1, 0.15) is 0 Å². The van der Waals surface area contributed by atoms with Gasteiger partial charge in [-0.25, -0.2) is 4.98 Å². The first-order valence-electron chi connectivity index (χ1n) is 21.4. The number of anilines is 3. The highest BCUT2D eigenvalue weighted by molar-refractivity contribution is 9.10. The van der Waals surface area contributed by atoms with Crippen molar-refractivity contribution in [1.82, 2.24) is 4.98 Å². The standard InChI is InChI=1S/C59H37BrN2OS/c60-46-30-24-42(25-31-46)51-16-8-17-52-57-50(15-9-19-56(57)64-58(51)52)41-27-32-47(33-28-41)62(48-34-26-39-12-4-5-13-44(39)36-48)54-18-7-6-14-49(54)40-20-22-43(23-21-40)59-61-53-35-29-45(37-55(53)63-59)38-10-2-1-3-11-38/h1-37H. The average Bonchev–Trinajstić information content (AvgIpc) is 3.97. The van der Waals surface area contributed by atoms with Crippen LogP contribution in [0.25, 0.3) is 98.0 Å². The number of aromatic nitrogens is 1. The zero-order chi connectivity index (χ0) is 42.6. The Morgan fingerprint density at radius 3 is 1.91 bits per heavy atom. The van der Waals surface area contributed by atoms with Crippen molar-refractivity contribution < 1.29 is 4.42 Å². The molecule has 0 atom stereocenters.